The van der Waals surface area contributed by atoms with Crippen LogP contribution in [0.4, 0.5) is 24.5 Å². The smallest absolute Gasteiger partial charge is 0.399 e. The van der Waals surface area contributed by atoms with Gasteiger partial charge in [0.25, 0.3) is 0 Å². The first-order valence-corrected chi connectivity index (χ1v) is 7.44. The van der Waals surface area contributed by atoms with Crippen LogP contribution in [0.5, 0.6) is 0 Å². The molecule has 120 valence electrons. The van der Waals surface area contributed by atoms with Gasteiger partial charge in [-0.05, 0) is 37.0 Å². The van der Waals surface area contributed by atoms with E-state index in [9.17, 15) is 13.2 Å². The Morgan fingerprint density at radius 2 is 1.71 bits per heavy atom. The topological polar surface area (TPSA) is 29.3 Å². The average Bonchev–Trinajstić information content (AvgIpc) is 2.37. The van der Waals surface area contributed by atoms with Gasteiger partial charge in [0.1, 0.15) is 0 Å². The number of benzene rings is 1. The fourth-order valence-corrected chi connectivity index (χ4v) is 2.60. The molecule has 0 aliphatic carbocycles. The largest absolute Gasteiger partial charge is 0.418 e. The molecule has 0 bridgehead atoms. The van der Waals surface area contributed by atoms with Crippen LogP contribution in [0.1, 0.15) is 46.1 Å². The van der Waals surface area contributed by atoms with Crippen LogP contribution < -0.4 is 10.6 Å². The van der Waals surface area contributed by atoms with E-state index in [1.54, 1.807) is 6.07 Å². The average molecular weight is 302 g/mol. The number of nitrogens with two attached hydrogens (primary N) is 1. The highest BCUT2D eigenvalue weighted by molar-refractivity contribution is 5.61. The third kappa shape index (κ3) is 4.55. The zero-order valence-corrected chi connectivity index (χ0v) is 13.2. The van der Waals surface area contributed by atoms with Crippen LogP contribution >= 0.6 is 0 Å². The molecular weight excluding hydrogens is 277 g/mol. The summed E-state index contributed by atoms with van der Waals surface area (Å²) in [4.78, 5) is 1.88. The normalized spacial score (nSPS) is 12.2. The number of hydrogen-bond acceptors (Lipinski definition) is 2. The van der Waals surface area contributed by atoms with Crippen LogP contribution in [0.25, 0.3) is 0 Å². The molecule has 0 heterocycles. The van der Waals surface area contributed by atoms with E-state index < -0.39 is 11.7 Å². The standard InChI is InChI=1S/C16H25F3N2/c1-5-13(6-2)21(10-11(3)4)15-8-7-12(20)9-14(15)16(17,18)19/h7-9,11,13H,5-6,10,20H2,1-4H3. The molecule has 1 aromatic rings. The van der Waals surface area contributed by atoms with Gasteiger partial charge in [-0.25, -0.2) is 0 Å². The molecule has 0 saturated heterocycles. The number of anilines is 2. The summed E-state index contributed by atoms with van der Waals surface area (Å²) in [5.41, 5.74) is 5.28. The van der Waals surface area contributed by atoms with Crippen LogP contribution in [0.3, 0.4) is 0 Å². The third-order valence-corrected chi connectivity index (χ3v) is 3.58. The highest BCUT2D eigenvalue weighted by atomic mass is 19.4. The minimum Gasteiger partial charge on any atom is -0.399 e. The number of nitrogens with zero attached hydrogens (tertiary/aromatic N) is 1. The van der Waals surface area contributed by atoms with E-state index in [4.69, 9.17) is 5.73 Å². The Kier molecular flexibility index (Phi) is 5.93. The van der Waals surface area contributed by atoms with Gasteiger partial charge in [0, 0.05) is 24.0 Å². The number of hydrogen-bond donors (Lipinski definition) is 1. The Morgan fingerprint density at radius 3 is 2.14 bits per heavy atom. The Morgan fingerprint density at radius 1 is 1.14 bits per heavy atom. The molecule has 1 aromatic carbocycles. The summed E-state index contributed by atoms with van der Waals surface area (Å²) in [5.74, 6) is 0.282. The van der Waals surface area contributed by atoms with Gasteiger partial charge in [0.15, 0.2) is 0 Å². The number of nitrogen functional groups attached to an aromatic ring is 1. The quantitative estimate of drug-likeness (QED) is 0.754. The van der Waals surface area contributed by atoms with E-state index >= 15 is 0 Å². The first-order valence-electron chi connectivity index (χ1n) is 7.44. The predicted molar refractivity (Wildman–Crippen MR) is 82.4 cm³/mol. The fourth-order valence-electron chi connectivity index (χ4n) is 2.60. The van der Waals surface area contributed by atoms with Gasteiger partial charge >= 0.3 is 6.18 Å². The van der Waals surface area contributed by atoms with Crippen molar-refractivity contribution in [2.75, 3.05) is 17.2 Å². The lowest BCUT2D eigenvalue weighted by molar-refractivity contribution is -0.137. The lowest BCUT2D eigenvalue weighted by Gasteiger charge is -2.36. The number of rotatable bonds is 6. The lowest BCUT2D eigenvalue weighted by Crippen LogP contribution is -2.38. The maximum absolute atomic E-state index is 13.3. The maximum atomic E-state index is 13.3. The Balaban J connectivity index is 3.36. The van der Waals surface area contributed by atoms with Crippen molar-refractivity contribution < 1.29 is 13.2 Å². The Bertz CT molecular complexity index is 451. The van der Waals surface area contributed by atoms with Crippen molar-refractivity contribution in [3.05, 3.63) is 23.8 Å². The summed E-state index contributed by atoms with van der Waals surface area (Å²) in [6.07, 6.45) is -2.78. The zero-order valence-electron chi connectivity index (χ0n) is 13.2. The molecule has 0 atom stereocenters. The van der Waals surface area contributed by atoms with Crippen molar-refractivity contribution in [2.45, 2.75) is 52.8 Å². The molecule has 0 unspecified atom stereocenters. The molecule has 0 spiro atoms. The minimum absolute atomic E-state index is 0.0946. The van der Waals surface area contributed by atoms with Crippen molar-refractivity contribution in [2.24, 2.45) is 5.92 Å². The predicted octanol–water partition coefficient (Wildman–Crippen LogP) is 4.94. The Labute approximate surface area is 125 Å². The van der Waals surface area contributed by atoms with Gasteiger partial charge in [-0.15, -0.1) is 0 Å². The summed E-state index contributed by atoms with van der Waals surface area (Å²) >= 11 is 0. The highest BCUT2D eigenvalue weighted by Crippen LogP contribution is 2.39. The second-order valence-corrected chi connectivity index (χ2v) is 5.79. The van der Waals surface area contributed by atoms with Crippen molar-refractivity contribution in [1.82, 2.24) is 0 Å². The summed E-state index contributed by atoms with van der Waals surface area (Å²) in [6.45, 7) is 8.64. The highest BCUT2D eigenvalue weighted by Gasteiger charge is 2.36. The number of alkyl halides is 3. The van der Waals surface area contributed by atoms with Crippen LogP contribution in [0, 0.1) is 5.92 Å². The van der Waals surface area contributed by atoms with Gasteiger partial charge in [-0.1, -0.05) is 27.7 Å². The van der Waals surface area contributed by atoms with Crippen molar-refractivity contribution in [3.8, 4) is 0 Å². The lowest BCUT2D eigenvalue weighted by atomic mass is 10.0. The van der Waals surface area contributed by atoms with Gasteiger partial charge in [0.2, 0.25) is 0 Å². The maximum Gasteiger partial charge on any atom is 0.418 e. The van der Waals surface area contributed by atoms with E-state index in [1.165, 1.54) is 6.07 Å². The van der Waals surface area contributed by atoms with E-state index in [0.717, 1.165) is 18.9 Å². The molecule has 0 aliphatic heterocycles. The van der Waals surface area contributed by atoms with Crippen LogP contribution in [0.15, 0.2) is 18.2 Å². The first kappa shape index (κ1) is 17.7. The summed E-state index contributed by atoms with van der Waals surface area (Å²) in [5, 5.41) is 0. The molecule has 5 heteroatoms. The molecule has 0 aromatic heterocycles. The van der Waals surface area contributed by atoms with Gasteiger partial charge in [0.05, 0.1) is 5.56 Å². The second kappa shape index (κ2) is 7.05. The summed E-state index contributed by atoms with van der Waals surface area (Å²) in [6, 6.07) is 4.17. The molecule has 0 aliphatic rings. The fraction of sp³-hybridized carbons (Fsp3) is 0.625. The third-order valence-electron chi connectivity index (χ3n) is 3.58. The molecule has 0 radical (unpaired) electrons. The van der Waals surface area contributed by atoms with E-state index in [1.807, 2.05) is 32.6 Å². The van der Waals surface area contributed by atoms with Crippen LogP contribution in [-0.4, -0.2) is 12.6 Å². The molecule has 0 fully saturated rings. The van der Waals surface area contributed by atoms with E-state index in [0.29, 0.717) is 6.54 Å². The van der Waals surface area contributed by atoms with Crippen LogP contribution in [0.2, 0.25) is 0 Å². The molecule has 0 saturated carbocycles. The van der Waals surface area contributed by atoms with Crippen molar-refractivity contribution in [1.29, 1.82) is 0 Å². The minimum atomic E-state index is -4.40. The summed E-state index contributed by atoms with van der Waals surface area (Å²) in [7, 11) is 0. The second-order valence-electron chi connectivity index (χ2n) is 5.79. The first-order chi connectivity index (χ1) is 9.70. The van der Waals surface area contributed by atoms with Gasteiger partial charge < -0.3 is 10.6 Å². The monoisotopic (exact) mass is 302 g/mol. The SMILES string of the molecule is CCC(CC)N(CC(C)C)c1ccc(N)cc1C(F)(F)F. The van der Waals surface area contributed by atoms with E-state index in [-0.39, 0.29) is 23.3 Å². The zero-order chi connectivity index (χ0) is 16.2. The molecule has 1 rings (SSSR count). The molecule has 2 nitrogen and oxygen atoms in total. The molecule has 0 amide bonds. The molecule has 2 N–H and O–H groups in total. The van der Waals surface area contributed by atoms with Crippen molar-refractivity contribution >= 4 is 11.4 Å². The van der Waals surface area contributed by atoms with E-state index in [2.05, 4.69) is 0 Å². The van der Waals surface area contributed by atoms with Crippen molar-refractivity contribution in [3.63, 3.8) is 0 Å². The summed E-state index contributed by atoms with van der Waals surface area (Å²) < 4.78 is 39.9. The Hall–Kier alpha value is -1.39. The van der Waals surface area contributed by atoms with Gasteiger partial charge in [-0.3, -0.25) is 0 Å². The van der Waals surface area contributed by atoms with Gasteiger partial charge in [-0.2, -0.15) is 13.2 Å². The number of halogens is 3. The van der Waals surface area contributed by atoms with Crippen LogP contribution in [-0.2, 0) is 6.18 Å². The molecular formula is C16H25F3N2. The molecule has 21 heavy (non-hydrogen) atoms.